The van der Waals surface area contributed by atoms with Crippen LogP contribution in [0.5, 0.6) is 0 Å². The lowest BCUT2D eigenvalue weighted by Gasteiger charge is -2.12. The number of allylic oxidation sites excluding steroid dienone is 2. The molecule has 1 aliphatic heterocycles. The summed E-state index contributed by atoms with van der Waals surface area (Å²) in [6, 6.07) is 15.3. The van der Waals surface area contributed by atoms with Gasteiger partial charge in [-0.05, 0) is 86.9 Å². The smallest absolute Gasteiger partial charge is 0.228 e. The number of hydrogen-bond acceptors (Lipinski definition) is 4. The van der Waals surface area contributed by atoms with Crippen LogP contribution in [0.15, 0.2) is 82.5 Å². The molecule has 4 N–H and O–H groups in total. The van der Waals surface area contributed by atoms with E-state index >= 15 is 0 Å². The van der Waals surface area contributed by atoms with Crippen LogP contribution in [0.1, 0.15) is 85.3 Å². The Morgan fingerprint density at radius 2 is 1.63 bits per heavy atom. The third kappa shape index (κ3) is 11.4. The van der Waals surface area contributed by atoms with Crippen LogP contribution in [0, 0.1) is 5.92 Å². The van der Waals surface area contributed by atoms with E-state index in [4.69, 9.17) is 15.5 Å². The van der Waals surface area contributed by atoms with Crippen molar-refractivity contribution in [1.82, 2.24) is 5.32 Å². The second-order valence-corrected chi connectivity index (χ2v) is 10.6. The Morgan fingerprint density at radius 1 is 1.00 bits per heavy atom. The molecule has 1 aliphatic rings. The van der Waals surface area contributed by atoms with Gasteiger partial charge >= 0.3 is 0 Å². The molecule has 1 unspecified atom stereocenters. The second kappa shape index (κ2) is 17.9. The summed E-state index contributed by atoms with van der Waals surface area (Å²) in [5.74, 6) is 1.31. The summed E-state index contributed by atoms with van der Waals surface area (Å²) in [7, 11) is 0. The first-order valence-electron chi connectivity index (χ1n) is 15.0. The summed E-state index contributed by atoms with van der Waals surface area (Å²) >= 11 is 0. The number of carbonyl (C=O) groups excluding carboxylic acids is 1. The van der Waals surface area contributed by atoms with E-state index in [0.29, 0.717) is 18.0 Å². The van der Waals surface area contributed by atoms with Gasteiger partial charge in [0.15, 0.2) is 0 Å². The number of rotatable bonds is 12. The lowest BCUT2D eigenvalue weighted by atomic mass is 9.94. The molecule has 6 nitrogen and oxygen atoms in total. The lowest BCUT2D eigenvalue weighted by molar-refractivity contribution is -0.115. The molecule has 0 fully saturated rings. The Balaban J connectivity index is 0.000000745. The number of hydrogen-bond donors (Lipinski definition) is 3. The predicted octanol–water partition coefficient (Wildman–Crippen LogP) is 8.29. The highest BCUT2D eigenvalue weighted by Gasteiger charge is 2.21. The SMILES string of the molecule is CCC(C)=CN=C1NC(c2ccc(NC(=O)Cc3ccc(N)cc3)cc2)=C/C1=C(/C)C(C)CC.CCCOCCC. The molecule has 1 atom stereocenters. The number of carbonyl (C=O) groups is 1. The molecule has 0 aromatic heterocycles. The van der Waals surface area contributed by atoms with Crippen LogP contribution in [-0.2, 0) is 16.0 Å². The molecule has 1 amide bonds. The number of nitrogens with one attached hydrogen (secondary N) is 2. The molecule has 0 spiro atoms. The average molecular weight is 559 g/mol. The molecular formula is C35H50N4O2. The quantitative estimate of drug-likeness (QED) is 0.181. The maximum Gasteiger partial charge on any atom is 0.228 e. The highest BCUT2D eigenvalue weighted by molar-refractivity contribution is 6.12. The molecule has 2 aromatic carbocycles. The molecule has 3 rings (SSSR count). The van der Waals surface area contributed by atoms with Gasteiger partial charge < -0.3 is 21.1 Å². The fourth-order valence-electron chi connectivity index (χ4n) is 3.99. The molecule has 0 aliphatic carbocycles. The Morgan fingerprint density at radius 3 is 2.20 bits per heavy atom. The molecule has 0 bridgehead atoms. The van der Waals surface area contributed by atoms with Gasteiger partial charge in [-0.15, -0.1) is 0 Å². The summed E-state index contributed by atoms with van der Waals surface area (Å²) in [6.07, 6.45) is 8.78. The van der Waals surface area contributed by atoms with Crippen molar-refractivity contribution in [2.24, 2.45) is 10.9 Å². The van der Waals surface area contributed by atoms with Gasteiger partial charge in [0, 0.05) is 42.1 Å². The van der Waals surface area contributed by atoms with Crippen LogP contribution in [0.4, 0.5) is 11.4 Å². The zero-order valence-electron chi connectivity index (χ0n) is 26.1. The molecule has 0 saturated carbocycles. The van der Waals surface area contributed by atoms with E-state index in [1.54, 1.807) is 0 Å². The number of ether oxygens (including phenoxy) is 1. The molecule has 0 radical (unpaired) electrons. The normalized spacial score (nSPS) is 15.9. The zero-order chi connectivity index (χ0) is 30.2. The van der Waals surface area contributed by atoms with Crippen molar-refractivity contribution in [2.45, 2.75) is 80.6 Å². The third-order valence-electron chi connectivity index (χ3n) is 7.07. The summed E-state index contributed by atoms with van der Waals surface area (Å²) in [5.41, 5.74) is 13.9. The monoisotopic (exact) mass is 558 g/mol. The van der Waals surface area contributed by atoms with E-state index in [9.17, 15) is 4.79 Å². The van der Waals surface area contributed by atoms with Crippen molar-refractivity contribution in [3.8, 4) is 0 Å². The van der Waals surface area contributed by atoms with Gasteiger partial charge in [-0.2, -0.15) is 0 Å². The Hall–Kier alpha value is -3.64. The largest absolute Gasteiger partial charge is 0.399 e. The van der Waals surface area contributed by atoms with Crippen molar-refractivity contribution < 1.29 is 9.53 Å². The number of nitrogen functional groups attached to an aromatic ring is 1. The van der Waals surface area contributed by atoms with Gasteiger partial charge in [-0.1, -0.05) is 70.0 Å². The minimum Gasteiger partial charge on any atom is -0.399 e. The van der Waals surface area contributed by atoms with Crippen molar-refractivity contribution in [3.63, 3.8) is 0 Å². The van der Waals surface area contributed by atoms with Crippen LogP contribution < -0.4 is 16.4 Å². The van der Waals surface area contributed by atoms with Crippen molar-refractivity contribution >= 4 is 28.8 Å². The minimum absolute atomic E-state index is 0.0578. The van der Waals surface area contributed by atoms with E-state index in [2.05, 4.69) is 65.2 Å². The zero-order valence-corrected chi connectivity index (χ0v) is 26.1. The van der Waals surface area contributed by atoms with E-state index < -0.39 is 0 Å². The number of nitrogens with two attached hydrogens (primary N) is 1. The predicted molar refractivity (Wildman–Crippen MR) is 176 cm³/mol. The van der Waals surface area contributed by atoms with Crippen molar-refractivity contribution in [3.05, 3.63) is 88.7 Å². The van der Waals surface area contributed by atoms with Crippen LogP contribution in [0.2, 0.25) is 0 Å². The number of benzene rings is 2. The minimum atomic E-state index is -0.0578. The lowest BCUT2D eigenvalue weighted by Crippen LogP contribution is -2.18. The highest BCUT2D eigenvalue weighted by atomic mass is 16.5. The maximum absolute atomic E-state index is 12.4. The van der Waals surface area contributed by atoms with Gasteiger partial charge in [0.2, 0.25) is 5.91 Å². The fourth-order valence-corrected chi connectivity index (χ4v) is 3.99. The van der Waals surface area contributed by atoms with Gasteiger partial charge in [-0.25, -0.2) is 4.99 Å². The average Bonchev–Trinajstić information content (AvgIpc) is 3.41. The van der Waals surface area contributed by atoms with Gasteiger partial charge in [0.1, 0.15) is 5.84 Å². The van der Waals surface area contributed by atoms with Gasteiger partial charge in [0.05, 0.1) is 6.42 Å². The standard InChI is InChI=1S/C29H36N4O.C6H14O/c1-6-19(3)18-31-29-26(21(5)20(4)7-2)17-27(33-29)23-10-14-25(15-11-23)32-28(34)16-22-8-12-24(30)13-9-22;1-3-5-7-6-4-2/h8-15,17-18,20H,6-7,16,30H2,1-5H3,(H,31,33)(H,32,34);3-6H2,1-2H3/b19-18?,26-21+;. The number of anilines is 2. The molecule has 222 valence electrons. The summed E-state index contributed by atoms with van der Waals surface area (Å²) in [6.45, 7) is 17.0. The Bertz CT molecular complexity index is 1220. The van der Waals surface area contributed by atoms with Crippen LogP contribution >= 0.6 is 0 Å². The molecule has 41 heavy (non-hydrogen) atoms. The van der Waals surface area contributed by atoms with Gasteiger partial charge in [-0.3, -0.25) is 4.79 Å². The molecular weight excluding hydrogens is 508 g/mol. The van der Waals surface area contributed by atoms with E-state index in [1.807, 2.05) is 54.7 Å². The summed E-state index contributed by atoms with van der Waals surface area (Å²) in [5, 5.41) is 6.47. The van der Waals surface area contributed by atoms with E-state index in [0.717, 1.165) is 72.8 Å². The van der Waals surface area contributed by atoms with Crippen molar-refractivity contribution in [1.29, 1.82) is 0 Å². The van der Waals surface area contributed by atoms with Crippen LogP contribution in [0.3, 0.4) is 0 Å². The highest BCUT2D eigenvalue weighted by Crippen LogP contribution is 2.28. The first-order chi connectivity index (χ1) is 19.7. The van der Waals surface area contributed by atoms with Crippen molar-refractivity contribution in [2.75, 3.05) is 24.3 Å². The van der Waals surface area contributed by atoms with E-state index in [1.165, 1.54) is 11.1 Å². The number of nitrogens with zero attached hydrogens (tertiary/aromatic N) is 1. The molecule has 2 aromatic rings. The topological polar surface area (TPSA) is 88.7 Å². The maximum atomic E-state index is 12.4. The molecule has 6 heteroatoms. The van der Waals surface area contributed by atoms with Gasteiger partial charge in [0.25, 0.3) is 0 Å². The second-order valence-electron chi connectivity index (χ2n) is 10.6. The van der Waals surface area contributed by atoms with Crippen LogP contribution in [-0.4, -0.2) is 25.0 Å². The van der Waals surface area contributed by atoms with Crippen LogP contribution in [0.25, 0.3) is 5.70 Å². The molecule has 1 heterocycles. The molecule has 0 saturated heterocycles. The van der Waals surface area contributed by atoms with E-state index in [-0.39, 0.29) is 5.91 Å². The first-order valence-corrected chi connectivity index (χ1v) is 15.0. The number of amidine groups is 1. The Labute approximate surface area is 247 Å². The summed E-state index contributed by atoms with van der Waals surface area (Å²) < 4.78 is 5.13. The third-order valence-corrected chi connectivity index (χ3v) is 7.07. The number of aliphatic imine (C=N–C) groups is 1. The first kappa shape index (κ1) is 33.6. The summed E-state index contributed by atoms with van der Waals surface area (Å²) in [4.78, 5) is 17.2. The Kier molecular flexibility index (Phi) is 14.7. The number of amides is 1. The fraction of sp³-hybridized carbons (Fsp3) is 0.429.